The Balaban J connectivity index is 1.31. The third kappa shape index (κ3) is 4.96. The van der Waals surface area contributed by atoms with Crippen LogP contribution in [0.15, 0.2) is 48.5 Å². The van der Waals surface area contributed by atoms with E-state index in [1.54, 1.807) is 17.0 Å². The smallest absolute Gasteiger partial charge is 0.416 e. The Morgan fingerprint density at radius 3 is 2.09 bits per heavy atom. The SMILES string of the molecule is CC(=O)c1ccc(CN2CC3(CCN(Cc4ccc(C(F)(F)F)cc4)CC3)OC2=O)cc1. The molecule has 0 N–H and O–H groups in total. The van der Waals surface area contributed by atoms with Crippen molar-refractivity contribution in [1.82, 2.24) is 9.80 Å². The Hall–Kier alpha value is -2.87. The molecular formula is C24H25F3N2O3. The molecule has 32 heavy (non-hydrogen) atoms. The summed E-state index contributed by atoms with van der Waals surface area (Å²) in [7, 11) is 0. The lowest BCUT2D eigenvalue weighted by atomic mass is 9.91. The van der Waals surface area contributed by atoms with Gasteiger partial charge in [0.1, 0.15) is 5.60 Å². The number of alkyl halides is 3. The van der Waals surface area contributed by atoms with Crippen LogP contribution in [0.3, 0.4) is 0 Å². The summed E-state index contributed by atoms with van der Waals surface area (Å²) >= 11 is 0. The zero-order chi connectivity index (χ0) is 22.9. The summed E-state index contributed by atoms with van der Waals surface area (Å²) in [6, 6.07) is 12.5. The van der Waals surface area contributed by atoms with Crippen molar-refractivity contribution in [2.24, 2.45) is 0 Å². The average Bonchev–Trinajstić information content (AvgIpc) is 3.04. The van der Waals surface area contributed by atoms with Gasteiger partial charge in [-0.05, 0) is 30.2 Å². The summed E-state index contributed by atoms with van der Waals surface area (Å²) in [4.78, 5) is 27.7. The highest BCUT2D eigenvalue weighted by Gasteiger charge is 2.46. The molecule has 2 aromatic rings. The van der Waals surface area contributed by atoms with Gasteiger partial charge in [-0.15, -0.1) is 0 Å². The Morgan fingerprint density at radius 2 is 1.53 bits per heavy atom. The second-order valence-electron chi connectivity index (χ2n) is 8.63. The largest absolute Gasteiger partial charge is 0.441 e. The van der Waals surface area contributed by atoms with Gasteiger partial charge in [0.05, 0.1) is 12.1 Å². The van der Waals surface area contributed by atoms with Crippen LogP contribution in [0.2, 0.25) is 0 Å². The first-order valence-electron chi connectivity index (χ1n) is 10.6. The van der Waals surface area contributed by atoms with Gasteiger partial charge in [-0.3, -0.25) is 14.6 Å². The molecule has 2 fully saturated rings. The number of benzene rings is 2. The number of ketones is 1. The number of hydrogen-bond donors (Lipinski definition) is 0. The number of halogens is 3. The minimum absolute atomic E-state index is 0.000796. The maximum Gasteiger partial charge on any atom is 0.416 e. The molecule has 1 spiro atoms. The van der Waals surface area contributed by atoms with Crippen LogP contribution in [-0.2, 0) is 24.0 Å². The number of carbonyl (C=O) groups excluding carboxylic acids is 2. The first-order chi connectivity index (χ1) is 15.1. The van der Waals surface area contributed by atoms with Gasteiger partial charge >= 0.3 is 12.3 Å². The highest BCUT2D eigenvalue weighted by molar-refractivity contribution is 5.94. The zero-order valence-corrected chi connectivity index (χ0v) is 17.8. The molecule has 0 unspecified atom stereocenters. The molecule has 170 valence electrons. The van der Waals surface area contributed by atoms with E-state index in [1.165, 1.54) is 19.1 Å². The quantitative estimate of drug-likeness (QED) is 0.614. The van der Waals surface area contributed by atoms with Crippen molar-refractivity contribution in [2.75, 3.05) is 19.6 Å². The van der Waals surface area contributed by atoms with Crippen molar-refractivity contribution in [1.29, 1.82) is 0 Å². The van der Waals surface area contributed by atoms with Crippen LogP contribution in [0.25, 0.3) is 0 Å². The molecule has 2 saturated heterocycles. The predicted molar refractivity (Wildman–Crippen MR) is 112 cm³/mol. The number of likely N-dealkylation sites (tertiary alicyclic amines) is 1. The second-order valence-corrected chi connectivity index (χ2v) is 8.63. The van der Waals surface area contributed by atoms with Crippen LogP contribution >= 0.6 is 0 Å². The van der Waals surface area contributed by atoms with E-state index in [0.717, 1.165) is 23.3 Å². The Bertz CT molecular complexity index is 979. The Morgan fingerprint density at radius 1 is 0.969 bits per heavy atom. The number of hydrogen-bond acceptors (Lipinski definition) is 4. The fourth-order valence-corrected chi connectivity index (χ4v) is 4.32. The summed E-state index contributed by atoms with van der Waals surface area (Å²) in [6.45, 7) is 4.42. The van der Waals surface area contributed by atoms with Gasteiger partial charge in [0.2, 0.25) is 0 Å². The highest BCUT2D eigenvalue weighted by Crippen LogP contribution is 2.35. The first-order valence-corrected chi connectivity index (χ1v) is 10.6. The second kappa shape index (κ2) is 8.58. The van der Waals surface area contributed by atoms with E-state index in [1.807, 2.05) is 12.1 Å². The van der Waals surface area contributed by atoms with Crippen LogP contribution < -0.4 is 0 Å². The number of nitrogens with zero attached hydrogens (tertiary/aromatic N) is 2. The monoisotopic (exact) mass is 446 g/mol. The lowest BCUT2D eigenvalue weighted by Crippen LogP contribution is -2.46. The van der Waals surface area contributed by atoms with Gasteiger partial charge in [-0.25, -0.2) is 4.79 Å². The first kappa shape index (κ1) is 22.3. The van der Waals surface area contributed by atoms with Crippen LogP contribution in [0.4, 0.5) is 18.0 Å². The molecule has 2 aliphatic rings. The van der Waals surface area contributed by atoms with Crippen molar-refractivity contribution in [3.05, 3.63) is 70.8 Å². The van der Waals surface area contributed by atoms with E-state index in [-0.39, 0.29) is 11.9 Å². The standard InChI is InChI=1S/C24H25F3N2O3/c1-17(30)20-6-2-19(3-7-20)15-29-16-23(32-22(29)31)10-12-28(13-11-23)14-18-4-8-21(9-5-18)24(25,26)27/h2-9H,10-16H2,1H3. The molecule has 0 radical (unpaired) electrons. The van der Waals surface area contributed by atoms with E-state index in [9.17, 15) is 22.8 Å². The van der Waals surface area contributed by atoms with Crippen LogP contribution in [0, 0.1) is 0 Å². The molecule has 0 aromatic heterocycles. The molecular weight excluding hydrogens is 421 g/mol. The molecule has 0 aliphatic carbocycles. The molecule has 2 aromatic carbocycles. The Labute approximate surface area is 184 Å². The average molecular weight is 446 g/mol. The lowest BCUT2D eigenvalue weighted by Gasteiger charge is -2.37. The summed E-state index contributed by atoms with van der Waals surface area (Å²) in [6.07, 6.45) is -3.31. The third-order valence-corrected chi connectivity index (χ3v) is 6.23. The maximum absolute atomic E-state index is 12.7. The van der Waals surface area contributed by atoms with Crippen LogP contribution in [-0.4, -0.2) is 46.9 Å². The molecule has 2 heterocycles. The minimum Gasteiger partial charge on any atom is -0.441 e. The molecule has 0 bridgehead atoms. The van der Waals surface area contributed by atoms with E-state index in [4.69, 9.17) is 4.74 Å². The van der Waals surface area contributed by atoms with Gasteiger partial charge in [0, 0.05) is 44.6 Å². The predicted octanol–water partition coefficient (Wildman–Crippen LogP) is 4.90. The number of rotatable bonds is 5. The fraction of sp³-hybridized carbons (Fsp3) is 0.417. The van der Waals surface area contributed by atoms with E-state index >= 15 is 0 Å². The molecule has 5 nitrogen and oxygen atoms in total. The van der Waals surface area contributed by atoms with Crippen molar-refractivity contribution < 1.29 is 27.5 Å². The van der Waals surface area contributed by atoms with Gasteiger partial charge in [-0.2, -0.15) is 13.2 Å². The Kier molecular flexibility index (Phi) is 5.99. The number of amides is 1. The molecule has 8 heteroatoms. The van der Waals surface area contributed by atoms with E-state index in [2.05, 4.69) is 4.90 Å². The molecule has 1 amide bonds. The number of Topliss-reactive ketones (excluding diaryl/α,β-unsaturated/α-hetero) is 1. The summed E-state index contributed by atoms with van der Waals surface area (Å²) in [5, 5.41) is 0. The van der Waals surface area contributed by atoms with Gasteiger partial charge in [0.25, 0.3) is 0 Å². The van der Waals surface area contributed by atoms with E-state index < -0.39 is 17.3 Å². The normalized spacial score (nSPS) is 18.8. The van der Waals surface area contributed by atoms with Crippen molar-refractivity contribution in [3.63, 3.8) is 0 Å². The van der Waals surface area contributed by atoms with Gasteiger partial charge in [-0.1, -0.05) is 36.4 Å². The van der Waals surface area contributed by atoms with Crippen LogP contribution in [0.5, 0.6) is 0 Å². The zero-order valence-electron chi connectivity index (χ0n) is 17.8. The maximum atomic E-state index is 12.7. The fourth-order valence-electron chi connectivity index (χ4n) is 4.32. The molecule has 0 saturated carbocycles. The van der Waals surface area contributed by atoms with E-state index in [0.29, 0.717) is 51.1 Å². The minimum atomic E-state index is -4.33. The number of ether oxygens (including phenoxy) is 1. The lowest BCUT2D eigenvalue weighted by molar-refractivity contribution is -0.137. The van der Waals surface area contributed by atoms with Gasteiger partial charge < -0.3 is 4.74 Å². The molecule has 4 rings (SSSR count). The topological polar surface area (TPSA) is 49.9 Å². The van der Waals surface area contributed by atoms with Crippen LogP contribution in [0.1, 0.15) is 46.8 Å². The van der Waals surface area contributed by atoms with Gasteiger partial charge in [0.15, 0.2) is 5.78 Å². The summed E-state index contributed by atoms with van der Waals surface area (Å²) < 4.78 is 44.0. The van der Waals surface area contributed by atoms with Crippen molar-refractivity contribution in [3.8, 4) is 0 Å². The summed E-state index contributed by atoms with van der Waals surface area (Å²) in [5.74, 6) is -0.000796. The molecule has 0 atom stereocenters. The summed E-state index contributed by atoms with van der Waals surface area (Å²) in [5.41, 5.74) is 1.23. The third-order valence-electron chi connectivity index (χ3n) is 6.23. The molecule has 2 aliphatic heterocycles. The highest BCUT2D eigenvalue weighted by atomic mass is 19.4. The van der Waals surface area contributed by atoms with Crippen molar-refractivity contribution in [2.45, 2.75) is 44.6 Å². The number of piperidine rings is 1. The van der Waals surface area contributed by atoms with Crippen molar-refractivity contribution >= 4 is 11.9 Å². The number of carbonyl (C=O) groups is 2.